The van der Waals surface area contributed by atoms with Crippen LogP contribution in [0.3, 0.4) is 0 Å². The smallest absolute Gasteiger partial charge is 0.291 e. The third-order valence-electron chi connectivity index (χ3n) is 3.66. The Hall–Kier alpha value is -3.74. The van der Waals surface area contributed by atoms with Gasteiger partial charge in [-0.3, -0.25) is 4.79 Å². The molecule has 0 aliphatic rings. The molecule has 2 aromatic carbocycles. The van der Waals surface area contributed by atoms with E-state index in [1.54, 1.807) is 48.5 Å². The predicted molar refractivity (Wildman–Crippen MR) is 91.8 cm³/mol. The molecule has 0 atom stereocenters. The number of amides is 1. The monoisotopic (exact) mass is 349 g/mol. The van der Waals surface area contributed by atoms with Crippen LogP contribution in [0.15, 0.2) is 75.9 Å². The van der Waals surface area contributed by atoms with Crippen LogP contribution >= 0.6 is 0 Å². The number of hydrogen-bond acceptors (Lipinski definition) is 5. The van der Waals surface area contributed by atoms with Gasteiger partial charge in [-0.15, -0.1) is 0 Å². The molecule has 2 heterocycles. The van der Waals surface area contributed by atoms with Crippen LogP contribution in [-0.4, -0.2) is 16.0 Å². The fourth-order valence-corrected chi connectivity index (χ4v) is 2.35. The topological polar surface area (TPSA) is 81.2 Å². The van der Waals surface area contributed by atoms with Gasteiger partial charge in [0, 0.05) is 16.8 Å². The second-order valence-corrected chi connectivity index (χ2v) is 5.44. The summed E-state index contributed by atoms with van der Waals surface area (Å²) in [7, 11) is 0. The molecule has 4 rings (SSSR count). The summed E-state index contributed by atoms with van der Waals surface area (Å²) in [5.74, 6) is 0.265. The Labute approximate surface area is 147 Å². The molecular formula is C19H12FN3O3. The summed E-state index contributed by atoms with van der Waals surface area (Å²) in [6, 6.07) is 16.0. The molecule has 0 aliphatic carbocycles. The van der Waals surface area contributed by atoms with E-state index in [1.807, 2.05) is 0 Å². The van der Waals surface area contributed by atoms with E-state index >= 15 is 0 Å². The second kappa shape index (κ2) is 6.64. The lowest BCUT2D eigenvalue weighted by molar-refractivity contribution is 0.0996. The largest absolute Gasteiger partial charge is 0.459 e. The Morgan fingerprint density at radius 2 is 1.69 bits per heavy atom. The van der Waals surface area contributed by atoms with Crippen LogP contribution in [0, 0.1) is 5.82 Å². The quantitative estimate of drug-likeness (QED) is 0.591. The number of anilines is 1. The van der Waals surface area contributed by atoms with E-state index in [2.05, 4.69) is 15.5 Å². The molecule has 128 valence electrons. The maximum absolute atomic E-state index is 13.0. The minimum atomic E-state index is -0.333. The van der Waals surface area contributed by atoms with Crippen molar-refractivity contribution in [3.8, 4) is 22.8 Å². The zero-order chi connectivity index (χ0) is 17.9. The van der Waals surface area contributed by atoms with Crippen molar-refractivity contribution in [1.29, 1.82) is 0 Å². The maximum Gasteiger partial charge on any atom is 0.291 e. The van der Waals surface area contributed by atoms with Crippen LogP contribution in [0.1, 0.15) is 10.6 Å². The van der Waals surface area contributed by atoms with Gasteiger partial charge in [0.25, 0.3) is 11.8 Å². The first-order valence-corrected chi connectivity index (χ1v) is 7.74. The number of rotatable bonds is 4. The van der Waals surface area contributed by atoms with Crippen LogP contribution in [0.2, 0.25) is 0 Å². The lowest BCUT2D eigenvalue weighted by atomic mass is 10.2. The first-order valence-electron chi connectivity index (χ1n) is 7.74. The van der Waals surface area contributed by atoms with Gasteiger partial charge in [-0.1, -0.05) is 5.16 Å². The van der Waals surface area contributed by atoms with Crippen LogP contribution < -0.4 is 5.32 Å². The first-order chi connectivity index (χ1) is 12.7. The third-order valence-corrected chi connectivity index (χ3v) is 3.66. The molecule has 6 nitrogen and oxygen atoms in total. The molecule has 0 unspecified atom stereocenters. The van der Waals surface area contributed by atoms with E-state index in [9.17, 15) is 9.18 Å². The van der Waals surface area contributed by atoms with Crippen LogP contribution in [0.5, 0.6) is 0 Å². The molecule has 26 heavy (non-hydrogen) atoms. The number of hydrogen-bond donors (Lipinski definition) is 1. The highest BCUT2D eigenvalue weighted by Gasteiger charge is 2.12. The number of carbonyl (C=O) groups excluding carboxylic acids is 1. The van der Waals surface area contributed by atoms with Crippen molar-refractivity contribution in [2.45, 2.75) is 0 Å². The first kappa shape index (κ1) is 15.8. The van der Waals surface area contributed by atoms with Gasteiger partial charge in [-0.25, -0.2) is 4.39 Å². The Morgan fingerprint density at radius 1 is 0.962 bits per heavy atom. The van der Waals surface area contributed by atoms with Crippen molar-refractivity contribution in [3.05, 3.63) is 78.5 Å². The van der Waals surface area contributed by atoms with E-state index in [0.717, 1.165) is 5.56 Å². The van der Waals surface area contributed by atoms with Gasteiger partial charge in [0.1, 0.15) is 5.82 Å². The van der Waals surface area contributed by atoms with E-state index in [-0.39, 0.29) is 17.5 Å². The molecule has 0 saturated carbocycles. The highest BCUT2D eigenvalue weighted by atomic mass is 19.1. The number of carbonyl (C=O) groups is 1. The van der Waals surface area contributed by atoms with Crippen molar-refractivity contribution in [2.75, 3.05) is 5.32 Å². The minimum absolute atomic E-state index is 0.233. The Bertz CT molecular complexity index is 1020. The summed E-state index contributed by atoms with van der Waals surface area (Å²) < 4.78 is 23.3. The molecule has 0 radical (unpaired) electrons. The van der Waals surface area contributed by atoms with Gasteiger partial charge >= 0.3 is 0 Å². The lowest BCUT2D eigenvalue weighted by Crippen LogP contribution is -2.10. The number of halogens is 1. The summed E-state index contributed by atoms with van der Waals surface area (Å²) in [4.78, 5) is 16.3. The van der Waals surface area contributed by atoms with E-state index in [4.69, 9.17) is 8.94 Å². The van der Waals surface area contributed by atoms with Gasteiger partial charge in [0.15, 0.2) is 5.76 Å². The Kier molecular flexibility index (Phi) is 4.03. The number of nitrogens with one attached hydrogen (secondary N) is 1. The van der Waals surface area contributed by atoms with Crippen molar-refractivity contribution in [1.82, 2.24) is 10.1 Å². The van der Waals surface area contributed by atoms with Crippen molar-refractivity contribution in [2.24, 2.45) is 0 Å². The second-order valence-electron chi connectivity index (χ2n) is 5.44. The van der Waals surface area contributed by atoms with Crippen LogP contribution in [0.4, 0.5) is 10.1 Å². The number of nitrogens with zero attached hydrogens (tertiary/aromatic N) is 2. The highest BCUT2D eigenvalue weighted by molar-refractivity contribution is 6.02. The number of furan rings is 1. The molecule has 0 saturated heterocycles. The average Bonchev–Trinajstić information content (AvgIpc) is 3.35. The van der Waals surface area contributed by atoms with Crippen molar-refractivity contribution >= 4 is 11.6 Å². The zero-order valence-electron chi connectivity index (χ0n) is 13.3. The number of benzene rings is 2. The minimum Gasteiger partial charge on any atom is -0.459 e. The Balaban J connectivity index is 1.50. The lowest BCUT2D eigenvalue weighted by Gasteiger charge is -2.03. The number of aromatic nitrogens is 2. The van der Waals surface area contributed by atoms with Crippen molar-refractivity contribution in [3.63, 3.8) is 0 Å². The van der Waals surface area contributed by atoms with Crippen LogP contribution in [0.25, 0.3) is 22.8 Å². The molecule has 4 aromatic rings. The summed E-state index contributed by atoms with van der Waals surface area (Å²) in [6.45, 7) is 0. The third kappa shape index (κ3) is 3.23. The van der Waals surface area contributed by atoms with Gasteiger partial charge in [0.05, 0.1) is 6.26 Å². The van der Waals surface area contributed by atoms with Gasteiger partial charge in [-0.2, -0.15) is 4.98 Å². The summed E-state index contributed by atoms with van der Waals surface area (Å²) in [6.07, 6.45) is 1.44. The predicted octanol–water partition coefficient (Wildman–Crippen LogP) is 4.39. The molecule has 0 spiro atoms. The fourth-order valence-electron chi connectivity index (χ4n) is 2.35. The van der Waals surface area contributed by atoms with Crippen molar-refractivity contribution < 1.29 is 18.1 Å². The maximum atomic E-state index is 13.0. The van der Waals surface area contributed by atoms with E-state index in [0.29, 0.717) is 23.0 Å². The average molecular weight is 349 g/mol. The molecule has 7 heteroatoms. The van der Waals surface area contributed by atoms with Gasteiger partial charge < -0.3 is 14.3 Å². The summed E-state index contributed by atoms with van der Waals surface area (Å²) in [5.41, 5.74) is 1.96. The summed E-state index contributed by atoms with van der Waals surface area (Å²) >= 11 is 0. The molecule has 1 N–H and O–H groups in total. The zero-order valence-corrected chi connectivity index (χ0v) is 13.3. The standard InChI is InChI=1S/C19H12FN3O3/c20-14-7-3-13(4-8-14)19-22-17(23-26-19)12-5-9-15(10-6-12)21-18(24)16-2-1-11-25-16/h1-11H,(H,21,24). The SMILES string of the molecule is O=C(Nc1ccc(-c2noc(-c3ccc(F)cc3)n2)cc1)c1ccco1. The van der Waals surface area contributed by atoms with Gasteiger partial charge in [-0.05, 0) is 60.7 Å². The summed E-state index contributed by atoms with van der Waals surface area (Å²) in [5, 5.41) is 6.66. The molecule has 1 amide bonds. The molecule has 0 aliphatic heterocycles. The molecule has 0 fully saturated rings. The van der Waals surface area contributed by atoms with Crippen LogP contribution in [-0.2, 0) is 0 Å². The van der Waals surface area contributed by atoms with E-state index < -0.39 is 0 Å². The fraction of sp³-hybridized carbons (Fsp3) is 0. The molecular weight excluding hydrogens is 337 g/mol. The highest BCUT2D eigenvalue weighted by Crippen LogP contribution is 2.23. The van der Waals surface area contributed by atoms with Gasteiger partial charge in [0.2, 0.25) is 5.82 Å². The normalized spacial score (nSPS) is 10.7. The van der Waals surface area contributed by atoms with E-state index in [1.165, 1.54) is 18.4 Å². The molecule has 2 aromatic heterocycles. The molecule has 0 bridgehead atoms. The Morgan fingerprint density at radius 3 is 2.38 bits per heavy atom.